The van der Waals surface area contributed by atoms with Gasteiger partial charge in [0.15, 0.2) is 0 Å². The van der Waals surface area contributed by atoms with Gasteiger partial charge in [0.25, 0.3) is 0 Å². The minimum atomic E-state index is -0.935. The van der Waals surface area contributed by atoms with Crippen molar-refractivity contribution >= 4 is 18.3 Å². The first-order valence-electron chi connectivity index (χ1n) is 2.28. The molecule has 5 N–H and O–H groups in total. The highest BCUT2D eigenvalue weighted by molar-refractivity contribution is 5.85. The zero-order chi connectivity index (χ0) is 6.73. The summed E-state index contributed by atoms with van der Waals surface area (Å²) in [7, 11) is 0. The summed E-state index contributed by atoms with van der Waals surface area (Å²) in [5.41, 5.74) is 9.75. The largest absolute Gasteiger partial charge is 0.391 e. The molecule has 0 saturated carbocycles. The maximum Gasteiger partial charge on any atom is 0.237 e. The number of aliphatic hydroxyl groups excluding tert-OH is 1. The van der Waals surface area contributed by atoms with Crippen LogP contribution in [-0.2, 0) is 4.79 Å². The quantitative estimate of drug-likeness (QED) is 0.457. The number of hydrogen-bond donors (Lipinski definition) is 3. The second-order valence-electron chi connectivity index (χ2n) is 1.67. The van der Waals surface area contributed by atoms with Gasteiger partial charge in [-0.25, -0.2) is 0 Å². The van der Waals surface area contributed by atoms with Crippen LogP contribution in [0.2, 0.25) is 0 Å². The molecule has 5 heteroatoms. The molecule has 0 aromatic carbocycles. The van der Waals surface area contributed by atoms with Crippen molar-refractivity contribution in [1.29, 1.82) is 0 Å². The van der Waals surface area contributed by atoms with Crippen LogP contribution in [0.15, 0.2) is 0 Å². The van der Waals surface area contributed by atoms with Crippen LogP contribution in [0.1, 0.15) is 6.92 Å². The summed E-state index contributed by atoms with van der Waals surface area (Å²) >= 11 is 0. The van der Waals surface area contributed by atoms with E-state index in [1.54, 1.807) is 0 Å². The molecule has 0 aliphatic carbocycles. The molecular formula is C4H11ClN2O2. The SMILES string of the molecule is CC(O)C(N)C(N)=O.Cl. The summed E-state index contributed by atoms with van der Waals surface area (Å²) in [6.45, 7) is 1.41. The molecule has 0 rings (SSSR count). The fraction of sp³-hybridized carbons (Fsp3) is 0.750. The minimum absolute atomic E-state index is 0. The molecular weight excluding hydrogens is 144 g/mol. The van der Waals surface area contributed by atoms with Gasteiger partial charge in [-0.15, -0.1) is 12.4 Å². The van der Waals surface area contributed by atoms with Crippen LogP contribution in [0.4, 0.5) is 0 Å². The molecule has 4 nitrogen and oxygen atoms in total. The molecule has 2 atom stereocenters. The molecule has 0 radical (unpaired) electrons. The zero-order valence-electron chi connectivity index (χ0n) is 5.07. The molecule has 0 aliphatic heterocycles. The highest BCUT2D eigenvalue weighted by Crippen LogP contribution is 1.84. The molecule has 0 bridgehead atoms. The number of carbonyl (C=O) groups is 1. The molecule has 0 aliphatic rings. The average molecular weight is 155 g/mol. The summed E-state index contributed by atoms with van der Waals surface area (Å²) in [5.74, 6) is -0.681. The van der Waals surface area contributed by atoms with Gasteiger partial charge in [0.05, 0.1) is 6.10 Å². The van der Waals surface area contributed by atoms with E-state index in [0.29, 0.717) is 0 Å². The number of halogens is 1. The number of nitrogens with two attached hydrogens (primary N) is 2. The first kappa shape index (κ1) is 11.5. The van der Waals surface area contributed by atoms with Crippen molar-refractivity contribution < 1.29 is 9.90 Å². The van der Waals surface area contributed by atoms with E-state index >= 15 is 0 Å². The second kappa shape index (κ2) is 4.55. The van der Waals surface area contributed by atoms with Crippen molar-refractivity contribution in [1.82, 2.24) is 0 Å². The lowest BCUT2D eigenvalue weighted by molar-refractivity contribution is -0.121. The van der Waals surface area contributed by atoms with Gasteiger partial charge in [0.2, 0.25) is 5.91 Å². The minimum Gasteiger partial charge on any atom is -0.391 e. The van der Waals surface area contributed by atoms with Crippen LogP contribution in [-0.4, -0.2) is 23.2 Å². The Balaban J connectivity index is 0. The Morgan fingerprint density at radius 1 is 1.67 bits per heavy atom. The molecule has 0 aromatic heterocycles. The third kappa shape index (κ3) is 4.20. The molecule has 56 valence electrons. The lowest BCUT2D eigenvalue weighted by Gasteiger charge is -2.08. The van der Waals surface area contributed by atoms with Gasteiger partial charge in [-0.3, -0.25) is 4.79 Å². The number of aliphatic hydroxyl groups is 1. The van der Waals surface area contributed by atoms with Gasteiger partial charge in [0.1, 0.15) is 6.04 Å². The highest BCUT2D eigenvalue weighted by atomic mass is 35.5. The van der Waals surface area contributed by atoms with Crippen molar-refractivity contribution in [3.05, 3.63) is 0 Å². The zero-order valence-corrected chi connectivity index (χ0v) is 5.89. The summed E-state index contributed by atoms with van der Waals surface area (Å²) in [6, 6.07) is -0.935. The van der Waals surface area contributed by atoms with Crippen LogP contribution in [0.25, 0.3) is 0 Å². The van der Waals surface area contributed by atoms with E-state index in [9.17, 15) is 4.79 Å². The molecule has 2 unspecified atom stereocenters. The number of carbonyl (C=O) groups excluding carboxylic acids is 1. The Kier molecular flexibility index (Phi) is 5.80. The Bertz CT molecular complexity index is 96.6. The predicted molar refractivity (Wildman–Crippen MR) is 36.1 cm³/mol. The lowest BCUT2D eigenvalue weighted by atomic mass is 10.2. The number of rotatable bonds is 2. The normalized spacial score (nSPS) is 15.4. The highest BCUT2D eigenvalue weighted by Gasteiger charge is 2.13. The van der Waals surface area contributed by atoms with Crippen molar-refractivity contribution in [3.63, 3.8) is 0 Å². The summed E-state index contributed by atoms with van der Waals surface area (Å²) in [6.07, 6.45) is -0.854. The van der Waals surface area contributed by atoms with Crippen LogP contribution in [0.5, 0.6) is 0 Å². The maximum atomic E-state index is 10.1. The fourth-order valence-corrected chi connectivity index (χ4v) is 0.238. The van der Waals surface area contributed by atoms with Crippen molar-refractivity contribution in [3.8, 4) is 0 Å². The van der Waals surface area contributed by atoms with E-state index in [0.717, 1.165) is 0 Å². The van der Waals surface area contributed by atoms with Crippen molar-refractivity contribution in [2.45, 2.75) is 19.1 Å². The molecule has 0 fully saturated rings. The van der Waals surface area contributed by atoms with E-state index in [2.05, 4.69) is 0 Å². The maximum absolute atomic E-state index is 10.1. The second-order valence-corrected chi connectivity index (χ2v) is 1.67. The monoisotopic (exact) mass is 154 g/mol. The van der Waals surface area contributed by atoms with Crippen molar-refractivity contribution in [2.75, 3.05) is 0 Å². The summed E-state index contributed by atoms with van der Waals surface area (Å²) in [4.78, 5) is 10.1. The van der Waals surface area contributed by atoms with Gasteiger partial charge >= 0.3 is 0 Å². The standard InChI is InChI=1S/C4H10N2O2.ClH/c1-2(7)3(5)4(6)8;/h2-3,7H,5H2,1H3,(H2,6,8);1H. The first-order valence-corrected chi connectivity index (χ1v) is 2.28. The Morgan fingerprint density at radius 2 is 2.00 bits per heavy atom. The molecule has 0 aromatic rings. The van der Waals surface area contributed by atoms with E-state index < -0.39 is 18.1 Å². The third-order valence-corrected chi connectivity index (χ3v) is 0.848. The topological polar surface area (TPSA) is 89.3 Å². The number of primary amides is 1. The summed E-state index contributed by atoms with van der Waals surface area (Å²) in [5, 5.41) is 8.57. The van der Waals surface area contributed by atoms with Gasteiger partial charge in [-0.2, -0.15) is 0 Å². The van der Waals surface area contributed by atoms with Gasteiger partial charge in [-0.05, 0) is 6.92 Å². The van der Waals surface area contributed by atoms with Gasteiger partial charge < -0.3 is 16.6 Å². The van der Waals surface area contributed by atoms with Crippen LogP contribution < -0.4 is 11.5 Å². The first-order chi connectivity index (χ1) is 3.55. The van der Waals surface area contributed by atoms with Gasteiger partial charge in [-0.1, -0.05) is 0 Å². The predicted octanol–water partition coefficient (Wildman–Crippen LogP) is -1.40. The fourth-order valence-electron chi connectivity index (χ4n) is 0.238. The van der Waals surface area contributed by atoms with Gasteiger partial charge in [0, 0.05) is 0 Å². The Morgan fingerprint density at radius 3 is 2.00 bits per heavy atom. The number of amides is 1. The molecule has 0 heterocycles. The third-order valence-electron chi connectivity index (χ3n) is 0.848. The van der Waals surface area contributed by atoms with Crippen LogP contribution >= 0.6 is 12.4 Å². The summed E-state index contributed by atoms with van der Waals surface area (Å²) < 4.78 is 0. The molecule has 9 heavy (non-hydrogen) atoms. The lowest BCUT2D eigenvalue weighted by Crippen LogP contribution is -2.44. The van der Waals surface area contributed by atoms with Crippen LogP contribution in [0, 0.1) is 0 Å². The average Bonchev–Trinajstić information content (AvgIpc) is 1.64. The van der Waals surface area contributed by atoms with E-state index in [1.165, 1.54) is 6.92 Å². The smallest absolute Gasteiger partial charge is 0.237 e. The van der Waals surface area contributed by atoms with E-state index in [1.807, 2.05) is 0 Å². The molecule has 0 saturated heterocycles. The van der Waals surface area contributed by atoms with Crippen molar-refractivity contribution in [2.24, 2.45) is 11.5 Å². The Labute approximate surface area is 59.6 Å². The molecule has 0 spiro atoms. The number of hydrogen-bond acceptors (Lipinski definition) is 3. The van der Waals surface area contributed by atoms with E-state index in [4.69, 9.17) is 16.6 Å². The Hall–Kier alpha value is -0.320. The van der Waals surface area contributed by atoms with E-state index in [-0.39, 0.29) is 12.4 Å². The van der Waals surface area contributed by atoms with Crippen LogP contribution in [0.3, 0.4) is 0 Å². The molecule has 1 amide bonds.